The second-order valence-electron chi connectivity index (χ2n) is 5.12. The normalized spacial score (nSPS) is 14.2. The summed E-state index contributed by atoms with van der Waals surface area (Å²) < 4.78 is 1.85. The number of aryl methyl sites for hydroxylation is 2. The quantitative estimate of drug-likeness (QED) is 0.831. The van der Waals surface area contributed by atoms with E-state index in [1.807, 2.05) is 42.1 Å². The molecule has 3 nitrogen and oxygen atoms in total. The fourth-order valence-corrected chi connectivity index (χ4v) is 2.76. The van der Waals surface area contributed by atoms with Crippen LogP contribution in [-0.2, 0) is 25.5 Å². The van der Waals surface area contributed by atoms with E-state index < -0.39 is 5.60 Å². The minimum atomic E-state index is -0.943. The molecule has 1 atom stereocenters. The third-order valence-electron chi connectivity index (χ3n) is 3.68. The highest BCUT2D eigenvalue weighted by molar-refractivity contribution is 6.17. The monoisotopic (exact) mass is 292 g/mol. The molecule has 0 bridgehead atoms. The number of nitrogens with zero attached hydrogens (tertiary/aromatic N) is 2. The van der Waals surface area contributed by atoms with Gasteiger partial charge in [-0.25, -0.2) is 0 Å². The minimum Gasteiger partial charge on any atom is -0.385 e. The summed E-state index contributed by atoms with van der Waals surface area (Å²) >= 11 is 5.89. The Bertz CT molecular complexity index is 553. The van der Waals surface area contributed by atoms with E-state index in [0.717, 1.165) is 23.4 Å². The van der Waals surface area contributed by atoms with Crippen LogP contribution in [0.1, 0.15) is 30.3 Å². The molecule has 1 unspecified atom stereocenters. The highest BCUT2D eigenvalue weighted by Gasteiger charge is 2.30. The summed E-state index contributed by atoms with van der Waals surface area (Å²) in [5.41, 5.74) is 2.03. The van der Waals surface area contributed by atoms with Gasteiger partial charge in [0.25, 0.3) is 0 Å². The molecule has 20 heavy (non-hydrogen) atoms. The van der Waals surface area contributed by atoms with Crippen molar-refractivity contribution in [3.8, 4) is 0 Å². The van der Waals surface area contributed by atoms with Crippen LogP contribution < -0.4 is 0 Å². The lowest BCUT2D eigenvalue weighted by atomic mass is 9.86. The van der Waals surface area contributed by atoms with Gasteiger partial charge >= 0.3 is 0 Å². The van der Waals surface area contributed by atoms with Crippen molar-refractivity contribution >= 4 is 11.6 Å². The maximum absolute atomic E-state index is 11.0. The third kappa shape index (κ3) is 3.22. The average Bonchev–Trinajstić information content (AvgIpc) is 2.80. The zero-order chi connectivity index (χ0) is 14.6. The Labute approximate surface area is 125 Å². The zero-order valence-electron chi connectivity index (χ0n) is 12.0. The van der Waals surface area contributed by atoms with E-state index in [2.05, 4.69) is 18.1 Å². The van der Waals surface area contributed by atoms with Gasteiger partial charge < -0.3 is 5.11 Å². The summed E-state index contributed by atoms with van der Waals surface area (Å²) in [6, 6.07) is 11.8. The lowest BCUT2D eigenvalue weighted by Gasteiger charge is -2.28. The van der Waals surface area contributed by atoms with Crippen molar-refractivity contribution in [3.63, 3.8) is 0 Å². The molecule has 2 aromatic rings. The summed E-state index contributed by atoms with van der Waals surface area (Å²) in [5.74, 6) is 0.421. The van der Waals surface area contributed by atoms with Crippen LogP contribution in [0.4, 0.5) is 0 Å². The molecule has 1 aromatic carbocycles. The first kappa shape index (κ1) is 15.1. The summed E-state index contributed by atoms with van der Waals surface area (Å²) in [6.45, 7) is 2.08. The van der Waals surface area contributed by atoms with Crippen molar-refractivity contribution in [1.82, 2.24) is 9.78 Å². The number of hydrogen-bond acceptors (Lipinski definition) is 2. The standard InChI is InChI=1S/C16H21ClN2O/c1-3-14-11-15(19(2)18-14)12-16(20,9-10-17)13-7-5-4-6-8-13/h4-8,11,20H,3,9-10,12H2,1-2H3. The number of hydrogen-bond donors (Lipinski definition) is 1. The number of benzene rings is 1. The Morgan fingerprint density at radius 1 is 1.30 bits per heavy atom. The third-order valence-corrected chi connectivity index (χ3v) is 3.87. The number of halogens is 1. The van der Waals surface area contributed by atoms with E-state index in [0.29, 0.717) is 18.7 Å². The molecule has 0 fully saturated rings. The van der Waals surface area contributed by atoms with E-state index >= 15 is 0 Å². The smallest absolute Gasteiger partial charge is 0.0963 e. The van der Waals surface area contributed by atoms with Crippen molar-refractivity contribution in [2.24, 2.45) is 7.05 Å². The SMILES string of the molecule is CCc1cc(CC(O)(CCCl)c2ccccc2)n(C)n1. The van der Waals surface area contributed by atoms with E-state index in [1.54, 1.807) is 0 Å². The van der Waals surface area contributed by atoms with Gasteiger partial charge in [-0.15, -0.1) is 11.6 Å². The number of alkyl halides is 1. The molecule has 0 aliphatic heterocycles. The molecule has 4 heteroatoms. The molecule has 108 valence electrons. The largest absolute Gasteiger partial charge is 0.385 e. The zero-order valence-corrected chi connectivity index (χ0v) is 12.8. The molecule has 0 amide bonds. The van der Waals surface area contributed by atoms with Gasteiger partial charge in [-0.05, 0) is 24.5 Å². The molecule has 1 heterocycles. The van der Waals surface area contributed by atoms with Gasteiger partial charge in [0, 0.05) is 25.0 Å². The summed E-state index contributed by atoms with van der Waals surface area (Å²) in [4.78, 5) is 0. The molecule has 0 radical (unpaired) electrons. The molecule has 0 aliphatic carbocycles. The van der Waals surface area contributed by atoms with Crippen molar-refractivity contribution in [1.29, 1.82) is 0 Å². The lowest BCUT2D eigenvalue weighted by Crippen LogP contribution is -2.30. The number of aromatic nitrogens is 2. The van der Waals surface area contributed by atoms with Crippen molar-refractivity contribution in [2.45, 2.75) is 31.8 Å². The van der Waals surface area contributed by atoms with Crippen LogP contribution in [0.5, 0.6) is 0 Å². The van der Waals surface area contributed by atoms with Gasteiger partial charge in [0.1, 0.15) is 0 Å². The highest BCUT2D eigenvalue weighted by atomic mass is 35.5. The second-order valence-corrected chi connectivity index (χ2v) is 5.50. The molecular formula is C16H21ClN2O. The fraction of sp³-hybridized carbons (Fsp3) is 0.438. The van der Waals surface area contributed by atoms with Crippen LogP contribution in [0.2, 0.25) is 0 Å². The fourth-order valence-electron chi connectivity index (χ4n) is 2.45. The van der Waals surface area contributed by atoms with Gasteiger partial charge in [0.2, 0.25) is 0 Å². The van der Waals surface area contributed by atoms with Crippen LogP contribution >= 0.6 is 11.6 Å². The van der Waals surface area contributed by atoms with E-state index in [1.165, 1.54) is 0 Å². The molecule has 0 spiro atoms. The molecule has 0 aliphatic rings. The minimum absolute atomic E-state index is 0.421. The topological polar surface area (TPSA) is 38.0 Å². The number of rotatable bonds is 6. The number of aliphatic hydroxyl groups is 1. The van der Waals surface area contributed by atoms with Crippen molar-refractivity contribution in [2.75, 3.05) is 5.88 Å². The van der Waals surface area contributed by atoms with Crippen LogP contribution in [-0.4, -0.2) is 20.8 Å². The predicted octanol–water partition coefficient (Wildman–Crippen LogP) is 3.04. The maximum Gasteiger partial charge on any atom is 0.0963 e. The maximum atomic E-state index is 11.0. The van der Waals surface area contributed by atoms with Gasteiger partial charge in [-0.3, -0.25) is 4.68 Å². The Balaban J connectivity index is 2.31. The summed E-state index contributed by atoms with van der Waals surface area (Å²) in [5, 5.41) is 15.5. The molecule has 0 saturated heterocycles. The van der Waals surface area contributed by atoms with Crippen LogP contribution in [0, 0.1) is 0 Å². The Morgan fingerprint density at radius 2 is 2.00 bits per heavy atom. The van der Waals surface area contributed by atoms with Crippen LogP contribution in [0.25, 0.3) is 0 Å². The Morgan fingerprint density at radius 3 is 2.55 bits per heavy atom. The molecular weight excluding hydrogens is 272 g/mol. The Kier molecular flexibility index (Phi) is 4.84. The molecule has 0 saturated carbocycles. The first-order valence-corrected chi connectivity index (χ1v) is 7.48. The van der Waals surface area contributed by atoms with Gasteiger partial charge in [-0.1, -0.05) is 37.3 Å². The molecule has 2 rings (SSSR count). The summed E-state index contributed by atoms with van der Waals surface area (Å²) in [7, 11) is 1.92. The lowest BCUT2D eigenvalue weighted by molar-refractivity contribution is 0.0318. The van der Waals surface area contributed by atoms with Crippen LogP contribution in [0.15, 0.2) is 36.4 Å². The predicted molar refractivity (Wildman–Crippen MR) is 82.0 cm³/mol. The van der Waals surface area contributed by atoms with E-state index in [4.69, 9.17) is 11.6 Å². The van der Waals surface area contributed by atoms with Gasteiger partial charge in [0.15, 0.2) is 0 Å². The van der Waals surface area contributed by atoms with Crippen LogP contribution in [0.3, 0.4) is 0 Å². The first-order valence-electron chi connectivity index (χ1n) is 6.94. The Hall–Kier alpha value is -1.32. The van der Waals surface area contributed by atoms with Crippen molar-refractivity contribution in [3.05, 3.63) is 53.3 Å². The second kappa shape index (κ2) is 6.42. The highest BCUT2D eigenvalue weighted by Crippen LogP contribution is 2.30. The van der Waals surface area contributed by atoms with Gasteiger partial charge in [0.05, 0.1) is 11.3 Å². The van der Waals surface area contributed by atoms with Crippen molar-refractivity contribution < 1.29 is 5.11 Å². The molecule has 1 aromatic heterocycles. The first-order chi connectivity index (χ1) is 9.59. The molecule has 1 N–H and O–H groups in total. The van der Waals surface area contributed by atoms with E-state index in [-0.39, 0.29) is 0 Å². The van der Waals surface area contributed by atoms with Gasteiger partial charge in [-0.2, -0.15) is 5.10 Å². The van der Waals surface area contributed by atoms with E-state index in [9.17, 15) is 5.11 Å². The average molecular weight is 293 g/mol. The summed E-state index contributed by atoms with van der Waals surface area (Å²) in [6.07, 6.45) is 1.94.